The lowest BCUT2D eigenvalue weighted by Gasteiger charge is -1.96. The van der Waals surface area contributed by atoms with E-state index in [1.807, 2.05) is 0 Å². The lowest BCUT2D eigenvalue weighted by atomic mass is 10.3. The van der Waals surface area contributed by atoms with Gasteiger partial charge in [-0.25, -0.2) is 9.97 Å². The maximum atomic E-state index is 10.8. The first-order valence-electron chi connectivity index (χ1n) is 3.11. The summed E-state index contributed by atoms with van der Waals surface area (Å²) in [6.07, 6.45) is 0. The van der Waals surface area contributed by atoms with Gasteiger partial charge in [-0.15, -0.1) is 0 Å². The molecule has 1 aromatic rings. The summed E-state index contributed by atoms with van der Waals surface area (Å²) in [5, 5.41) is 0.121. The van der Waals surface area contributed by atoms with E-state index in [9.17, 15) is 4.79 Å². The number of aromatic nitrogens is 2. The van der Waals surface area contributed by atoms with E-state index >= 15 is 0 Å². The molecule has 0 aliphatic carbocycles. The number of nitrogens with zero attached hydrogens (tertiary/aromatic N) is 2. The zero-order valence-corrected chi connectivity index (χ0v) is 7.01. The lowest BCUT2D eigenvalue weighted by molar-refractivity contribution is 0.101. The quantitative estimate of drug-likeness (QED) is 0.475. The second-order valence-electron chi connectivity index (χ2n) is 2.22. The number of aryl methyl sites for hydroxylation is 1. The Morgan fingerprint density at radius 1 is 1.55 bits per heavy atom. The first-order valence-corrected chi connectivity index (χ1v) is 3.49. The Hall–Kier alpha value is -0.960. The molecule has 0 aromatic carbocycles. The number of carbonyl (C=O) groups is 1. The number of ketones is 1. The van der Waals surface area contributed by atoms with Crippen molar-refractivity contribution in [2.24, 2.45) is 0 Å². The van der Waals surface area contributed by atoms with Crippen molar-refractivity contribution in [3.63, 3.8) is 0 Å². The fourth-order valence-electron chi connectivity index (χ4n) is 0.713. The largest absolute Gasteiger partial charge is 0.293 e. The van der Waals surface area contributed by atoms with Crippen LogP contribution in [-0.4, -0.2) is 15.8 Å². The van der Waals surface area contributed by atoms with Gasteiger partial charge in [-0.05, 0) is 24.6 Å². The van der Waals surface area contributed by atoms with Gasteiger partial charge in [-0.1, -0.05) is 0 Å². The van der Waals surface area contributed by atoms with Crippen LogP contribution in [0.3, 0.4) is 0 Å². The van der Waals surface area contributed by atoms with Gasteiger partial charge in [0.2, 0.25) is 5.28 Å². The molecule has 0 radical (unpaired) electrons. The standard InChI is InChI=1S/C7H7ClN2O/c1-4-3-6(5(2)11)10-7(8)9-4/h3H,1-2H3. The molecule has 58 valence electrons. The van der Waals surface area contributed by atoms with Gasteiger partial charge in [0.05, 0.1) is 0 Å². The Kier molecular flexibility index (Phi) is 2.19. The third-order valence-corrected chi connectivity index (χ3v) is 1.36. The Balaban J connectivity index is 3.19. The third-order valence-electron chi connectivity index (χ3n) is 1.19. The van der Waals surface area contributed by atoms with Gasteiger partial charge in [0.15, 0.2) is 5.78 Å². The Morgan fingerprint density at radius 2 is 2.18 bits per heavy atom. The smallest absolute Gasteiger partial charge is 0.223 e. The zero-order chi connectivity index (χ0) is 8.43. The van der Waals surface area contributed by atoms with Gasteiger partial charge in [0.25, 0.3) is 0 Å². The van der Waals surface area contributed by atoms with Crippen LogP contribution in [0, 0.1) is 6.92 Å². The average molecular weight is 171 g/mol. The van der Waals surface area contributed by atoms with Crippen LogP contribution in [0.25, 0.3) is 0 Å². The fraction of sp³-hybridized carbons (Fsp3) is 0.286. The molecule has 1 aromatic heterocycles. The molecule has 3 nitrogen and oxygen atoms in total. The maximum Gasteiger partial charge on any atom is 0.223 e. The molecule has 0 N–H and O–H groups in total. The van der Waals surface area contributed by atoms with Gasteiger partial charge < -0.3 is 0 Å². The van der Waals surface area contributed by atoms with E-state index < -0.39 is 0 Å². The molecule has 0 saturated heterocycles. The topological polar surface area (TPSA) is 42.9 Å². The van der Waals surface area contributed by atoms with E-state index in [-0.39, 0.29) is 11.1 Å². The second kappa shape index (κ2) is 2.96. The molecule has 0 aliphatic rings. The summed E-state index contributed by atoms with van der Waals surface area (Å²) in [5.74, 6) is -0.0996. The van der Waals surface area contributed by atoms with Crippen LogP contribution in [0.15, 0.2) is 6.07 Å². The van der Waals surface area contributed by atoms with E-state index in [0.717, 1.165) is 0 Å². The highest BCUT2D eigenvalue weighted by Crippen LogP contribution is 2.05. The van der Waals surface area contributed by atoms with Crippen LogP contribution in [0.1, 0.15) is 23.1 Å². The van der Waals surface area contributed by atoms with Crippen LogP contribution in [0.5, 0.6) is 0 Å². The van der Waals surface area contributed by atoms with E-state index in [2.05, 4.69) is 9.97 Å². The molecule has 0 saturated carbocycles. The minimum absolute atomic E-state index is 0.0996. The number of halogens is 1. The summed E-state index contributed by atoms with van der Waals surface area (Å²) in [6.45, 7) is 3.21. The van der Waals surface area contributed by atoms with Crippen molar-refractivity contribution in [1.29, 1.82) is 0 Å². The third kappa shape index (κ3) is 1.98. The first-order chi connectivity index (χ1) is 5.09. The molecule has 0 fully saturated rings. The van der Waals surface area contributed by atoms with Crippen LogP contribution >= 0.6 is 11.6 Å². The highest BCUT2D eigenvalue weighted by molar-refractivity contribution is 6.28. The van der Waals surface area contributed by atoms with Crippen molar-refractivity contribution in [1.82, 2.24) is 9.97 Å². The van der Waals surface area contributed by atoms with Crippen molar-refractivity contribution < 1.29 is 4.79 Å². The van der Waals surface area contributed by atoms with Crippen molar-refractivity contribution in [3.8, 4) is 0 Å². The second-order valence-corrected chi connectivity index (χ2v) is 2.56. The van der Waals surface area contributed by atoms with Crippen molar-refractivity contribution in [2.45, 2.75) is 13.8 Å². The molecule has 0 unspecified atom stereocenters. The van der Waals surface area contributed by atoms with Crippen LogP contribution in [0.4, 0.5) is 0 Å². The van der Waals surface area contributed by atoms with Gasteiger partial charge >= 0.3 is 0 Å². The van der Waals surface area contributed by atoms with Gasteiger partial charge in [0, 0.05) is 12.6 Å². The Bertz CT molecular complexity index is 278. The molecule has 0 aliphatic heterocycles. The molecular formula is C7H7ClN2O. The summed E-state index contributed by atoms with van der Waals surface area (Å²) in [6, 6.07) is 1.61. The summed E-state index contributed by atoms with van der Waals surface area (Å²) in [4.78, 5) is 18.4. The number of rotatable bonds is 1. The van der Waals surface area contributed by atoms with Crippen LogP contribution < -0.4 is 0 Å². The van der Waals surface area contributed by atoms with E-state index in [4.69, 9.17) is 11.6 Å². The van der Waals surface area contributed by atoms with Crippen molar-refractivity contribution in [3.05, 3.63) is 22.7 Å². The first kappa shape index (κ1) is 8.14. The number of carbonyl (C=O) groups excluding carboxylic acids is 1. The number of hydrogen-bond acceptors (Lipinski definition) is 3. The summed E-state index contributed by atoms with van der Waals surface area (Å²) < 4.78 is 0. The van der Waals surface area contributed by atoms with E-state index in [1.54, 1.807) is 13.0 Å². The van der Waals surface area contributed by atoms with Gasteiger partial charge in [-0.3, -0.25) is 4.79 Å². The number of Topliss-reactive ketones (excluding diaryl/α,β-unsaturated/α-hetero) is 1. The van der Waals surface area contributed by atoms with Gasteiger partial charge in [-0.2, -0.15) is 0 Å². The molecule has 0 spiro atoms. The summed E-state index contributed by atoms with van der Waals surface area (Å²) in [5.41, 5.74) is 1.07. The van der Waals surface area contributed by atoms with Crippen LogP contribution in [0.2, 0.25) is 5.28 Å². The highest BCUT2D eigenvalue weighted by Gasteiger charge is 2.03. The lowest BCUT2D eigenvalue weighted by Crippen LogP contribution is -1.99. The minimum atomic E-state index is -0.0996. The van der Waals surface area contributed by atoms with E-state index in [0.29, 0.717) is 11.4 Å². The molecule has 0 amide bonds. The van der Waals surface area contributed by atoms with Crippen molar-refractivity contribution in [2.75, 3.05) is 0 Å². The molecule has 1 heterocycles. The SMILES string of the molecule is CC(=O)c1cc(C)nc(Cl)n1. The number of hydrogen-bond donors (Lipinski definition) is 0. The average Bonchev–Trinajstić information content (AvgIpc) is 1.85. The minimum Gasteiger partial charge on any atom is -0.293 e. The van der Waals surface area contributed by atoms with Crippen molar-refractivity contribution >= 4 is 17.4 Å². The molecule has 0 bridgehead atoms. The van der Waals surface area contributed by atoms with Crippen LogP contribution in [-0.2, 0) is 0 Å². The molecular weight excluding hydrogens is 164 g/mol. The Morgan fingerprint density at radius 3 is 2.64 bits per heavy atom. The van der Waals surface area contributed by atoms with E-state index in [1.165, 1.54) is 6.92 Å². The Labute approximate surface area is 69.4 Å². The predicted molar refractivity (Wildman–Crippen MR) is 41.8 cm³/mol. The molecule has 1 rings (SSSR count). The maximum absolute atomic E-state index is 10.8. The highest BCUT2D eigenvalue weighted by atomic mass is 35.5. The molecule has 0 atom stereocenters. The fourth-order valence-corrected chi connectivity index (χ4v) is 0.937. The predicted octanol–water partition coefficient (Wildman–Crippen LogP) is 1.64. The summed E-state index contributed by atoms with van der Waals surface area (Å²) in [7, 11) is 0. The monoisotopic (exact) mass is 170 g/mol. The van der Waals surface area contributed by atoms with Gasteiger partial charge in [0.1, 0.15) is 5.69 Å². The zero-order valence-electron chi connectivity index (χ0n) is 6.26. The normalized spacial score (nSPS) is 9.73. The molecule has 4 heteroatoms. The summed E-state index contributed by atoms with van der Waals surface area (Å²) >= 11 is 5.52. The molecule has 11 heavy (non-hydrogen) atoms.